The number of aromatic nitrogens is 12. The van der Waals surface area contributed by atoms with Crippen molar-refractivity contribution in [3.63, 3.8) is 0 Å². The summed E-state index contributed by atoms with van der Waals surface area (Å²) in [6, 6.07) is 30.1. The van der Waals surface area contributed by atoms with Crippen molar-refractivity contribution in [1.82, 2.24) is 66.3 Å². The molecule has 5 aliphatic heterocycles. The summed E-state index contributed by atoms with van der Waals surface area (Å²) in [5.41, 5.74) is 12.1. The first kappa shape index (κ1) is 108. The number of hydrogen-bond donors (Lipinski definition) is 28. The number of H-pyrrole nitrogens is 5. The lowest BCUT2D eigenvalue weighted by atomic mass is 9.95. The SMILES string of the molecule is CC(C)(C)C#Cc1cc(C#C[C@H]2O[C@H](CO)[C@@H](O)[C@H](O)[C@@H]2O)c2[nH]ncc2c1.CNC(=O)c1cncc(-c2cc(C#C[C@H]3O[C@H](CO)[C@@H](O)[C@H](O)[C@@H]3O)c3[nH]ncc3c2)c1.OCC#Cc1cc(C#C[C@H]2O[C@H](CO)[C@@H](O)[C@H](O)[C@@H]2O)c2[nH]ncc2c1.OC[C@H]1O[C@H](C#Cc2cc(C#Cc3cccc(O)c3)cc3cn[nH]c23)[C@@H](O)[C@@H](O)[C@@H]1O.OC[C@H]1O[C@H](C#Cc2cc(C#Cc3cccnc3)cc3cn[nH]c23)[C@@H](O)[C@@H](O)[C@@H]1O. The van der Waals surface area contributed by atoms with E-state index in [-0.39, 0.29) is 23.7 Å². The zero-order valence-corrected chi connectivity index (χ0v) is 78.6. The van der Waals surface area contributed by atoms with Crippen LogP contribution < -0.4 is 5.32 Å². The third-order valence-corrected chi connectivity index (χ3v) is 23.6. The minimum Gasteiger partial charge on any atom is -0.508 e. The van der Waals surface area contributed by atoms with Gasteiger partial charge in [-0.15, -0.1) is 0 Å². The Labute approximate surface area is 837 Å². The quantitative estimate of drug-likeness (QED) is 0.0701. The first-order valence-corrected chi connectivity index (χ1v) is 45.7. The molecule has 18 rings (SSSR count). The number of pyridine rings is 2. The summed E-state index contributed by atoms with van der Waals surface area (Å²) in [5.74, 6) is 52.0. The molecule has 13 aromatic rings. The fourth-order valence-electron chi connectivity index (χ4n) is 15.7. The highest BCUT2D eigenvalue weighted by Gasteiger charge is 2.48. The summed E-state index contributed by atoms with van der Waals surface area (Å²) in [6.07, 6.45) is -17.5. The van der Waals surface area contributed by atoms with Crippen LogP contribution in [0.15, 0.2) is 159 Å². The van der Waals surface area contributed by atoms with E-state index in [4.69, 9.17) is 28.8 Å². The van der Waals surface area contributed by atoms with Crippen molar-refractivity contribution < 1.29 is 141 Å². The topological polar surface area (TPSA) is 689 Å². The van der Waals surface area contributed by atoms with E-state index >= 15 is 0 Å². The first-order valence-electron chi connectivity index (χ1n) is 45.7. The lowest BCUT2D eigenvalue weighted by Gasteiger charge is -2.37. The van der Waals surface area contributed by atoms with Gasteiger partial charge in [-0.25, -0.2) is 0 Å². The molecule has 0 saturated carbocycles. The molecule has 0 bridgehead atoms. The first-order chi connectivity index (χ1) is 70.7. The van der Waals surface area contributed by atoms with Crippen LogP contribution in [0.4, 0.5) is 0 Å². The highest BCUT2D eigenvalue weighted by atomic mass is 16.6. The summed E-state index contributed by atoms with van der Waals surface area (Å²) in [5, 5.41) is 256. The lowest BCUT2D eigenvalue weighted by Crippen LogP contribution is -2.58. The normalized spacial score (nSPS) is 26.3. The van der Waals surface area contributed by atoms with E-state index in [9.17, 15) is 112 Å². The number of carbonyl (C=O) groups excluding carboxylic acids is 1. The highest BCUT2D eigenvalue weighted by molar-refractivity contribution is 5.96. The van der Waals surface area contributed by atoms with Gasteiger partial charge < -0.3 is 141 Å². The molecule has 0 spiro atoms. The third kappa shape index (κ3) is 26.4. The molecule has 1 amide bonds. The number of phenols is 1. The van der Waals surface area contributed by atoms with Crippen LogP contribution in [0, 0.1) is 112 Å². The van der Waals surface area contributed by atoms with Crippen LogP contribution in [0.25, 0.3) is 65.6 Å². The lowest BCUT2D eigenvalue weighted by molar-refractivity contribution is -0.214. The van der Waals surface area contributed by atoms with Gasteiger partial charge in [0, 0.05) is 103 Å². The fourth-order valence-corrected chi connectivity index (χ4v) is 15.7. The monoisotopic (exact) mass is 2010 g/mol. The van der Waals surface area contributed by atoms with Crippen molar-refractivity contribution in [3.8, 4) is 123 Å². The average Bonchev–Trinajstić information content (AvgIpc) is 1.53. The second kappa shape index (κ2) is 49.4. The number of aliphatic hydroxyl groups is 21. The molecule has 0 radical (unpaired) electrons. The smallest absolute Gasteiger partial charge is 0.252 e. The Hall–Kier alpha value is -14.8. The molecule has 25 atom stereocenters. The largest absolute Gasteiger partial charge is 0.508 e. The van der Waals surface area contributed by atoms with Crippen LogP contribution in [-0.4, -0.2) is 378 Å². The molecule has 28 N–H and O–H groups in total. The van der Waals surface area contributed by atoms with Gasteiger partial charge in [0.1, 0.15) is 165 Å². The number of amides is 1. The zero-order valence-electron chi connectivity index (χ0n) is 78.6. The summed E-state index contributed by atoms with van der Waals surface area (Å²) >= 11 is 0. The highest BCUT2D eigenvalue weighted by Crippen LogP contribution is 2.33. The van der Waals surface area contributed by atoms with Crippen LogP contribution in [0.5, 0.6) is 5.75 Å². The number of nitrogens with zero attached hydrogens (tertiary/aromatic N) is 7. The maximum absolute atomic E-state index is 12.0. The summed E-state index contributed by atoms with van der Waals surface area (Å²) in [4.78, 5) is 20.1. The number of aromatic hydroxyl groups is 1. The Balaban J connectivity index is 0.000000145. The van der Waals surface area contributed by atoms with Crippen molar-refractivity contribution in [2.75, 3.05) is 46.7 Å². The van der Waals surface area contributed by atoms with E-state index < -0.39 is 186 Å². The number of ether oxygens (including phenoxy) is 5. The molecule has 5 saturated heterocycles. The van der Waals surface area contributed by atoms with Crippen molar-refractivity contribution >= 4 is 60.4 Å². The van der Waals surface area contributed by atoms with Gasteiger partial charge in [0.2, 0.25) is 0 Å². The molecule has 760 valence electrons. The van der Waals surface area contributed by atoms with E-state index in [1.807, 2.05) is 57.2 Å². The Morgan fingerprint density at radius 3 is 0.966 bits per heavy atom. The number of aromatic amines is 5. The predicted octanol–water partition coefficient (Wildman–Crippen LogP) is -3.15. The van der Waals surface area contributed by atoms with Crippen LogP contribution >= 0.6 is 0 Å². The summed E-state index contributed by atoms with van der Waals surface area (Å²) < 4.78 is 27.1. The number of phenolic OH excluding ortho intramolecular Hbond substituents is 1. The van der Waals surface area contributed by atoms with Crippen molar-refractivity contribution in [3.05, 3.63) is 226 Å². The van der Waals surface area contributed by atoms with Gasteiger partial charge >= 0.3 is 0 Å². The number of hydrogen-bond acceptors (Lipinski definition) is 35. The van der Waals surface area contributed by atoms with Crippen molar-refractivity contribution in [2.45, 2.75) is 173 Å². The van der Waals surface area contributed by atoms with Gasteiger partial charge in [-0.05, 0) is 123 Å². The number of aliphatic hydroxyl groups excluding tert-OH is 21. The second-order valence-corrected chi connectivity index (χ2v) is 35.2. The van der Waals surface area contributed by atoms with Crippen molar-refractivity contribution in [2.24, 2.45) is 5.41 Å². The maximum Gasteiger partial charge on any atom is 0.252 e. The van der Waals surface area contributed by atoms with Gasteiger partial charge in [0.05, 0.1) is 125 Å². The minimum atomic E-state index is -1.50. The number of benzene rings is 6. The molecule has 7 aromatic heterocycles. The van der Waals surface area contributed by atoms with Crippen LogP contribution in [0.2, 0.25) is 0 Å². The van der Waals surface area contributed by atoms with E-state index in [1.165, 1.54) is 6.20 Å². The second-order valence-electron chi connectivity index (χ2n) is 35.2. The standard InChI is InChI=1S/C23H20N2O6.C22H22N4O6.C22H19N3O5.C21H24N2O5.C18H18N2O6/c26-12-19-22(29)23(30)21(28)18(31-19)7-6-15-8-14(9-16-11-24-25-20(15)16)5-4-13-2-1-3-17(27)10-13;1-23-22(31)15-6-13(7-24-8-15)12-4-11(18-14(5-12)9-25-26-18)2-3-16-19(28)21(30)20(29)17(10-27)32-16;26-12-18-21(28)22(29)20(27)17(30-18)6-5-15-8-14(9-16-11-24-25-19(15)16)4-3-13-2-1-7-23-10-13;1-21(2,3)7-6-12-8-13(17-14(9-12)10-22-23-17)4-5-15-18(25)20(27)19(26)16(11-24)28-15;21-5-1-2-10-6-11(15-12(7-10)8-19-20-15)3-4-13-16(23)18(25)17(24)14(9-22)26-13/h1-3,8-11,18-19,21-23,26-30H,12H2,(H,24,25);4-9,16-17,19-21,27-30H,10H2,1H3,(H,23,31)(H,25,26);1-2,7-11,17-18,20-22,26-29H,12H2,(H,24,25);8-10,15-16,18-20,24-27H,11H2,1-3H3,(H,22,23);6-8,13-14,16-18,21-25H,5,9H2,(H,19,20)/t18-,19-,21-,22-,23-;16-,17-,19-,20-,21-;17-,18-,20-,21-,22-;15-,16-,18-,19-,20-;13-,14-,16-,17-,18-/m11111/s1. The molecule has 147 heavy (non-hydrogen) atoms. The number of carbonyl (C=O) groups is 1. The molecule has 41 nitrogen and oxygen atoms in total. The summed E-state index contributed by atoms with van der Waals surface area (Å²) in [6.45, 7) is 3.24. The van der Waals surface area contributed by atoms with E-state index in [0.717, 1.165) is 49.1 Å². The average molecular weight is 2010 g/mol. The van der Waals surface area contributed by atoms with Gasteiger partial charge in [-0.3, -0.25) is 40.3 Å². The molecule has 0 unspecified atom stereocenters. The molecular formula is C106H103N13O28. The Kier molecular flexibility index (Phi) is 36.3. The molecule has 12 heterocycles. The van der Waals surface area contributed by atoms with E-state index in [2.05, 4.69) is 173 Å². The Bertz CT molecular complexity index is 7460. The van der Waals surface area contributed by atoms with E-state index in [1.54, 1.807) is 123 Å². The van der Waals surface area contributed by atoms with Gasteiger partial charge in [-0.1, -0.05) is 113 Å². The number of fused-ring (bicyclic) bond motifs is 5. The van der Waals surface area contributed by atoms with Crippen molar-refractivity contribution in [1.29, 1.82) is 0 Å². The number of nitrogens with one attached hydrogen (secondary N) is 6. The minimum absolute atomic E-state index is 0.128. The van der Waals surface area contributed by atoms with E-state index in [0.29, 0.717) is 83.3 Å². The predicted molar refractivity (Wildman–Crippen MR) is 525 cm³/mol. The van der Waals surface area contributed by atoms with Crippen LogP contribution in [0.3, 0.4) is 0 Å². The molecule has 5 aliphatic rings. The third-order valence-electron chi connectivity index (χ3n) is 23.6. The van der Waals surface area contributed by atoms with Gasteiger partial charge in [-0.2, -0.15) is 25.5 Å². The fraction of sp³-hybridized carbons (Fsp3) is 0.340. The van der Waals surface area contributed by atoms with Gasteiger partial charge in [0.25, 0.3) is 5.91 Å². The maximum atomic E-state index is 12.0. The molecular weight excluding hydrogens is 1900 g/mol. The zero-order chi connectivity index (χ0) is 105. The molecule has 5 fully saturated rings. The molecule has 0 aliphatic carbocycles. The molecule has 6 aromatic carbocycles. The van der Waals surface area contributed by atoms with Crippen LogP contribution in [-0.2, 0) is 23.7 Å². The van der Waals surface area contributed by atoms with Gasteiger partial charge in [0.15, 0.2) is 0 Å². The number of rotatable bonds is 7. The Morgan fingerprint density at radius 2 is 0.646 bits per heavy atom. The Morgan fingerprint density at radius 1 is 0.327 bits per heavy atom. The molecule has 41 heteroatoms. The van der Waals surface area contributed by atoms with Crippen LogP contribution in [0.1, 0.15) is 92.3 Å². The summed E-state index contributed by atoms with van der Waals surface area (Å²) in [7, 11) is 1.54.